The fourth-order valence-corrected chi connectivity index (χ4v) is 2.91. The van der Waals surface area contributed by atoms with Crippen molar-refractivity contribution in [2.24, 2.45) is 0 Å². The molecular weight excluding hydrogens is 286 g/mol. The van der Waals surface area contributed by atoms with Crippen molar-refractivity contribution in [1.29, 1.82) is 0 Å². The molecule has 106 valence electrons. The molecule has 3 rings (SSSR count). The largest absolute Gasteiger partial charge is 0.478 e. The first-order chi connectivity index (χ1) is 10.0. The minimum Gasteiger partial charge on any atom is -0.478 e. The number of oxazole rings is 1. The Hall–Kier alpha value is -2.27. The molecule has 0 radical (unpaired) electrons. The Balaban J connectivity index is 1.95. The van der Waals surface area contributed by atoms with Gasteiger partial charge in [-0.05, 0) is 55.4 Å². The molecule has 1 heterocycles. The zero-order valence-electron chi connectivity index (χ0n) is 11.6. The van der Waals surface area contributed by atoms with Gasteiger partial charge in [0.05, 0.1) is 5.56 Å². The highest BCUT2D eigenvalue weighted by Crippen LogP contribution is 2.32. The molecule has 0 aliphatic rings. The fraction of sp³-hybridized carbons (Fsp3) is 0.125. The van der Waals surface area contributed by atoms with E-state index in [9.17, 15) is 4.79 Å². The van der Waals surface area contributed by atoms with E-state index in [4.69, 9.17) is 9.52 Å². The average molecular weight is 299 g/mol. The van der Waals surface area contributed by atoms with Gasteiger partial charge in [0.1, 0.15) is 5.52 Å². The van der Waals surface area contributed by atoms with Gasteiger partial charge in [0.2, 0.25) is 0 Å². The molecule has 4 nitrogen and oxygen atoms in total. The van der Waals surface area contributed by atoms with Crippen LogP contribution in [0.5, 0.6) is 0 Å². The van der Waals surface area contributed by atoms with E-state index in [-0.39, 0.29) is 5.56 Å². The lowest BCUT2D eigenvalue weighted by atomic mass is 10.2. The number of aromatic nitrogens is 1. The fourth-order valence-electron chi connectivity index (χ4n) is 2.09. The van der Waals surface area contributed by atoms with E-state index < -0.39 is 5.97 Å². The van der Waals surface area contributed by atoms with Gasteiger partial charge in [-0.2, -0.15) is 0 Å². The number of hydrogen-bond donors (Lipinski definition) is 1. The third-order valence-electron chi connectivity index (χ3n) is 3.14. The molecule has 2 aromatic carbocycles. The SMILES string of the molecule is Cc1ccc(Sc2nc3ccc(C(=O)O)cc3o2)c(C)c1. The van der Waals surface area contributed by atoms with Crippen LogP contribution in [0, 0.1) is 13.8 Å². The monoisotopic (exact) mass is 299 g/mol. The summed E-state index contributed by atoms with van der Waals surface area (Å²) in [4.78, 5) is 16.4. The Labute approximate surface area is 125 Å². The van der Waals surface area contributed by atoms with Gasteiger partial charge in [-0.3, -0.25) is 0 Å². The lowest BCUT2D eigenvalue weighted by Gasteiger charge is -2.03. The molecule has 0 saturated heterocycles. The van der Waals surface area contributed by atoms with Crippen LogP contribution in [0.1, 0.15) is 21.5 Å². The number of aryl methyl sites for hydroxylation is 2. The van der Waals surface area contributed by atoms with Crippen molar-refractivity contribution in [3.05, 3.63) is 53.1 Å². The van der Waals surface area contributed by atoms with Crippen LogP contribution in [-0.2, 0) is 0 Å². The second-order valence-corrected chi connectivity index (χ2v) is 5.83. The van der Waals surface area contributed by atoms with Crippen LogP contribution in [0.2, 0.25) is 0 Å². The van der Waals surface area contributed by atoms with Crippen LogP contribution < -0.4 is 0 Å². The van der Waals surface area contributed by atoms with Gasteiger partial charge < -0.3 is 9.52 Å². The molecule has 5 heteroatoms. The Morgan fingerprint density at radius 1 is 1.19 bits per heavy atom. The Kier molecular flexibility index (Phi) is 3.43. The van der Waals surface area contributed by atoms with E-state index >= 15 is 0 Å². The van der Waals surface area contributed by atoms with Crippen molar-refractivity contribution < 1.29 is 14.3 Å². The highest BCUT2D eigenvalue weighted by molar-refractivity contribution is 7.99. The molecule has 0 unspecified atom stereocenters. The second-order valence-electron chi connectivity index (χ2n) is 4.84. The quantitative estimate of drug-likeness (QED) is 0.781. The van der Waals surface area contributed by atoms with E-state index in [0.717, 1.165) is 10.5 Å². The van der Waals surface area contributed by atoms with Crippen LogP contribution in [0.15, 0.2) is 50.9 Å². The molecule has 1 aromatic heterocycles. The maximum Gasteiger partial charge on any atom is 0.335 e. The summed E-state index contributed by atoms with van der Waals surface area (Å²) in [5.41, 5.74) is 3.71. The topological polar surface area (TPSA) is 63.3 Å². The van der Waals surface area contributed by atoms with Gasteiger partial charge in [-0.25, -0.2) is 9.78 Å². The molecule has 21 heavy (non-hydrogen) atoms. The summed E-state index contributed by atoms with van der Waals surface area (Å²) < 4.78 is 5.64. The third kappa shape index (κ3) is 2.78. The molecule has 0 fully saturated rings. The average Bonchev–Trinajstić information content (AvgIpc) is 2.83. The molecule has 0 spiro atoms. The third-order valence-corrected chi connectivity index (χ3v) is 4.17. The standard InChI is InChI=1S/C16H13NO3S/c1-9-3-6-14(10(2)7-9)21-16-17-12-5-4-11(15(18)19)8-13(12)20-16/h3-8H,1-2H3,(H,18,19). The van der Waals surface area contributed by atoms with Crippen molar-refractivity contribution in [3.8, 4) is 0 Å². The Morgan fingerprint density at radius 3 is 2.71 bits per heavy atom. The normalized spacial score (nSPS) is 11.0. The maximum atomic E-state index is 11.0. The van der Waals surface area contributed by atoms with Gasteiger partial charge in [0.25, 0.3) is 5.22 Å². The van der Waals surface area contributed by atoms with Crippen LogP contribution >= 0.6 is 11.8 Å². The summed E-state index contributed by atoms with van der Waals surface area (Å²) in [6.45, 7) is 4.09. The van der Waals surface area contributed by atoms with Crippen LogP contribution in [0.4, 0.5) is 0 Å². The van der Waals surface area contributed by atoms with E-state index in [1.165, 1.54) is 29.5 Å². The van der Waals surface area contributed by atoms with Crippen molar-refractivity contribution in [2.75, 3.05) is 0 Å². The predicted molar refractivity (Wildman–Crippen MR) is 81.0 cm³/mol. The summed E-state index contributed by atoms with van der Waals surface area (Å²) in [6.07, 6.45) is 0. The minimum absolute atomic E-state index is 0.196. The maximum absolute atomic E-state index is 11.0. The number of aromatic carboxylic acids is 1. The number of benzene rings is 2. The van der Waals surface area contributed by atoms with E-state index in [1.807, 2.05) is 26.0 Å². The van der Waals surface area contributed by atoms with Gasteiger partial charge >= 0.3 is 5.97 Å². The van der Waals surface area contributed by atoms with Crippen LogP contribution in [-0.4, -0.2) is 16.1 Å². The van der Waals surface area contributed by atoms with Crippen LogP contribution in [0.3, 0.4) is 0 Å². The molecule has 0 aliphatic carbocycles. The van der Waals surface area contributed by atoms with Crippen LogP contribution in [0.25, 0.3) is 11.1 Å². The predicted octanol–water partition coefficient (Wildman–Crippen LogP) is 4.29. The van der Waals surface area contributed by atoms with E-state index in [0.29, 0.717) is 16.3 Å². The van der Waals surface area contributed by atoms with Gasteiger partial charge in [-0.1, -0.05) is 17.7 Å². The zero-order valence-corrected chi connectivity index (χ0v) is 12.4. The van der Waals surface area contributed by atoms with Crippen molar-refractivity contribution in [1.82, 2.24) is 4.98 Å². The lowest BCUT2D eigenvalue weighted by Crippen LogP contribution is -1.94. The highest BCUT2D eigenvalue weighted by Gasteiger charge is 2.11. The summed E-state index contributed by atoms with van der Waals surface area (Å²) in [5.74, 6) is -0.975. The second kappa shape index (κ2) is 5.26. The lowest BCUT2D eigenvalue weighted by molar-refractivity contribution is 0.0697. The first-order valence-corrected chi connectivity index (χ1v) is 7.23. The molecule has 0 aliphatic heterocycles. The first-order valence-electron chi connectivity index (χ1n) is 6.42. The summed E-state index contributed by atoms with van der Waals surface area (Å²) in [5, 5.41) is 9.49. The van der Waals surface area contributed by atoms with Gasteiger partial charge in [0.15, 0.2) is 5.58 Å². The number of carboxylic acid groups (broad SMARTS) is 1. The van der Waals surface area contributed by atoms with Crippen molar-refractivity contribution >= 4 is 28.8 Å². The summed E-state index contributed by atoms with van der Waals surface area (Å²) >= 11 is 1.44. The number of nitrogens with zero attached hydrogens (tertiary/aromatic N) is 1. The molecule has 0 amide bonds. The Bertz CT molecular complexity index is 839. The Morgan fingerprint density at radius 2 is 2.00 bits per heavy atom. The van der Waals surface area contributed by atoms with E-state index in [2.05, 4.69) is 11.1 Å². The number of carbonyl (C=O) groups is 1. The zero-order chi connectivity index (χ0) is 15.0. The molecular formula is C16H13NO3S. The van der Waals surface area contributed by atoms with E-state index in [1.54, 1.807) is 6.07 Å². The number of fused-ring (bicyclic) bond motifs is 1. The van der Waals surface area contributed by atoms with Crippen molar-refractivity contribution in [3.63, 3.8) is 0 Å². The number of rotatable bonds is 3. The molecule has 0 bridgehead atoms. The summed E-state index contributed by atoms with van der Waals surface area (Å²) in [7, 11) is 0. The van der Waals surface area contributed by atoms with Gasteiger partial charge in [0, 0.05) is 4.90 Å². The smallest absolute Gasteiger partial charge is 0.335 e. The molecule has 1 N–H and O–H groups in total. The van der Waals surface area contributed by atoms with Crippen molar-refractivity contribution in [2.45, 2.75) is 24.0 Å². The van der Waals surface area contributed by atoms with Gasteiger partial charge in [-0.15, -0.1) is 0 Å². The highest BCUT2D eigenvalue weighted by atomic mass is 32.2. The number of carboxylic acids is 1. The number of hydrogen-bond acceptors (Lipinski definition) is 4. The molecule has 0 atom stereocenters. The first kappa shape index (κ1) is 13.7. The molecule has 0 saturated carbocycles. The summed E-state index contributed by atoms with van der Waals surface area (Å²) in [6, 6.07) is 10.9. The minimum atomic E-state index is -0.975. The molecule has 3 aromatic rings.